The molecule has 0 saturated carbocycles. The Kier molecular flexibility index (Phi) is 6.06. The van der Waals surface area contributed by atoms with Crippen molar-refractivity contribution >= 4 is 15.7 Å². The summed E-state index contributed by atoms with van der Waals surface area (Å²) < 4.78 is 25.1. The van der Waals surface area contributed by atoms with Gasteiger partial charge in [0.15, 0.2) is 0 Å². The monoisotopic (exact) mass is 268 g/mol. The molecule has 0 amide bonds. The Morgan fingerprint density at radius 1 is 1.41 bits per heavy atom. The first-order chi connectivity index (χ1) is 7.38. The van der Waals surface area contributed by atoms with Crippen molar-refractivity contribution in [3.63, 3.8) is 0 Å². The van der Waals surface area contributed by atoms with E-state index in [1.807, 2.05) is 0 Å². The number of benzene rings is 1. The first-order valence-electron chi connectivity index (χ1n) is 4.33. The molecule has 88 valence electrons. The van der Waals surface area contributed by atoms with Gasteiger partial charge >= 0.3 is 29.6 Å². The molecule has 0 radical (unpaired) electrons. The smallest absolute Gasteiger partial charge is 0.868 e. The van der Waals surface area contributed by atoms with Gasteiger partial charge in [-0.25, -0.2) is 13.1 Å². The molecular weight excluding hydrogens is 259 g/mol. The maximum absolute atomic E-state index is 11.5. The standard InChI is InChI=1S/C8H10N2O5S.Na/c1-2-9-16(14,15)6-3-4-8(11)7(5-6)10(12)13;/h3-5,9,11H,2H2,1H3;/q;+1/p-1. The third-order valence-corrected chi connectivity index (χ3v) is 3.32. The molecule has 0 fully saturated rings. The zero-order chi connectivity index (χ0) is 12.3. The minimum atomic E-state index is -3.78. The predicted molar refractivity (Wildman–Crippen MR) is 53.4 cm³/mol. The van der Waals surface area contributed by atoms with Gasteiger partial charge in [-0.05, 0) is 11.8 Å². The average molecular weight is 268 g/mol. The van der Waals surface area contributed by atoms with Crippen molar-refractivity contribution in [1.82, 2.24) is 4.72 Å². The molecule has 1 N–H and O–H groups in total. The molecule has 0 aliphatic heterocycles. The number of hydrogen-bond donors (Lipinski definition) is 1. The number of nitrogens with zero attached hydrogens (tertiary/aromatic N) is 1. The van der Waals surface area contributed by atoms with E-state index in [1.54, 1.807) is 6.92 Å². The van der Waals surface area contributed by atoms with Gasteiger partial charge in [0.25, 0.3) is 5.69 Å². The van der Waals surface area contributed by atoms with Crippen LogP contribution in [-0.2, 0) is 10.0 Å². The summed E-state index contributed by atoms with van der Waals surface area (Å²) in [4.78, 5) is 9.25. The molecule has 7 nitrogen and oxygen atoms in total. The van der Waals surface area contributed by atoms with Gasteiger partial charge < -0.3 is 5.11 Å². The van der Waals surface area contributed by atoms with E-state index in [1.165, 1.54) is 0 Å². The Labute approximate surface area is 120 Å². The summed E-state index contributed by atoms with van der Waals surface area (Å²) in [5.41, 5.74) is -0.751. The number of sulfonamides is 1. The maximum atomic E-state index is 11.5. The van der Waals surface area contributed by atoms with E-state index in [0.29, 0.717) is 0 Å². The van der Waals surface area contributed by atoms with Crippen LogP contribution in [0, 0.1) is 10.1 Å². The van der Waals surface area contributed by atoms with Crippen LogP contribution in [0.5, 0.6) is 5.75 Å². The molecule has 0 aromatic heterocycles. The van der Waals surface area contributed by atoms with Crippen LogP contribution < -0.4 is 39.4 Å². The van der Waals surface area contributed by atoms with Crippen molar-refractivity contribution in [3.05, 3.63) is 28.3 Å². The molecule has 17 heavy (non-hydrogen) atoms. The van der Waals surface area contributed by atoms with Crippen molar-refractivity contribution in [1.29, 1.82) is 0 Å². The topological polar surface area (TPSA) is 112 Å². The Bertz CT molecular complexity index is 517. The van der Waals surface area contributed by atoms with Crippen LogP contribution in [-0.4, -0.2) is 19.9 Å². The van der Waals surface area contributed by atoms with Gasteiger partial charge in [-0.1, -0.05) is 13.0 Å². The van der Waals surface area contributed by atoms with E-state index < -0.39 is 26.4 Å². The van der Waals surface area contributed by atoms with Gasteiger partial charge in [0.1, 0.15) is 0 Å². The van der Waals surface area contributed by atoms with Gasteiger partial charge in [-0.3, -0.25) is 10.1 Å². The van der Waals surface area contributed by atoms with Gasteiger partial charge in [0.05, 0.1) is 9.82 Å². The largest absolute Gasteiger partial charge is 1.00 e. The van der Waals surface area contributed by atoms with E-state index in [4.69, 9.17) is 0 Å². The molecule has 0 bridgehead atoms. The van der Waals surface area contributed by atoms with E-state index in [9.17, 15) is 23.6 Å². The Hall–Kier alpha value is -0.670. The predicted octanol–water partition coefficient (Wildman–Crippen LogP) is -3.03. The third-order valence-electron chi connectivity index (χ3n) is 1.77. The summed E-state index contributed by atoms with van der Waals surface area (Å²) in [6.07, 6.45) is 0. The van der Waals surface area contributed by atoms with Crippen molar-refractivity contribution in [2.24, 2.45) is 0 Å². The first kappa shape index (κ1) is 16.3. The van der Waals surface area contributed by atoms with Crippen LogP contribution in [0.3, 0.4) is 0 Å². The molecule has 0 aliphatic carbocycles. The molecule has 1 aromatic carbocycles. The summed E-state index contributed by atoms with van der Waals surface area (Å²) in [6.45, 7) is 1.74. The minimum Gasteiger partial charge on any atom is -0.868 e. The van der Waals surface area contributed by atoms with E-state index in [0.717, 1.165) is 18.2 Å². The molecule has 1 rings (SSSR count). The van der Waals surface area contributed by atoms with Crippen LogP contribution in [0.15, 0.2) is 23.1 Å². The maximum Gasteiger partial charge on any atom is 1.00 e. The Morgan fingerprint density at radius 2 is 2.00 bits per heavy atom. The number of nitro benzene ring substituents is 1. The summed E-state index contributed by atoms with van der Waals surface area (Å²) in [5.74, 6) is -0.819. The molecular formula is C8H9N2NaO5S. The molecule has 0 heterocycles. The zero-order valence-corrected chi connectivity index (χ0v) is 12.2. The summed E-state index contributed by atoms with van der Waals surface area (Å²) in [6, 6.07) is 2.65. The fourth-order valence-corrected chi connectivity index (χ4v) is 2.14. The molecule has 0 atom stereocenters. The van der Waals surface area contributed by atoms with Crippen molar-refractivity contribution in [2.45, 2.75) is 11.8 Å². The van der Waals surface area contributed by atoms with Crippen molar-refractivity contribution < 1.29 is 48.0 Å². The second kappa shape index (κ2) is 6.31. The van der Waals surface area contributed by atoms with Gasteiger partial charge in [-0.2, -0.15) is 0 Å². The average Bonchev–Trinajstić information content (AvgIpc) is 2.17. The summed E-state index contributed by atoms with van der Waals surface area (Å²) >= 11 is 0. The summed E-state index contributed by atoms with van der Waals surface area (Å²) in [5, 5.41) is 21.5. The molecule has 9 heteroatoms. The Balaban J connectivity index is 0.00000256. The number of hydrogen-bond acceptors (Lipinski definition) is 5. The van der Waals surface area contributed by atoms with Gasteiger partial charge in [0, 0.05) is 12.6 Å². The fraction of sp³-hybridized carbons (Fsp3) is 0.250. The zero-order valence-electron chi connectivity index (χ0n) is 9.34. The molecule has 0 unspecified atom stereocenters. The third kappa shape index (κ3) is 3.93. The molecule has 0 saturated heterocycles. The second-order valence-electron chi connectivity index (χ2n) is 2.89. The van der Waals surface area contributed by atoms with Crippen molar-refractivity contribution in [2.75, 3.05) is 6.54 Å². The number of nitrogens with one attached hydrogen (secondary N) is 1. The van der Waals surface area contributed by atoms with Crippen LogP contribution in [0.4, 0.5) is 5.69 Å². The van der Waals surface area contributed by atoms with Gasteiger partial charge in [-0.15, -0.1) is 0 Å². The summed E-state index contributed by atoms with van der Waals surface area (Å²) in [7, 11) is -3.78. The number of rotatable bonds is 4. The molecule has 0 spiro atoms. The quantitative estimate of drug-likeness (QED) is 0.354. The molecule has 0 aliphatic rings. The van der Waals surface area contributed by atoms with Crippen LogP contribution in [0.2, 0.25) is 0 Å². The minimum absolute atomic E-state index is 0. The van der Waals surface area contributed by atoms with Crippen LogP contribution in [0.1, 0.15) is 6.92 Å². The van der Waals surface area contributed by atoms with E-state index in [2.05, 4.69) is 4.72 Å². The first-order valence-corrected chi connectivity index (χ1v) is 5.82. The van der Waals surface area contributed by atoms with E-state index >= 15 is 0 Å². The van der Waals surface area contributed by atoms with E-state index in [-0.39, 0.29) is 41.0 Å². The van der Waals surface area contributed by atoms with Crippen molar-refractivity contribution in [3.8, 4) is 5.75 Å². The second-order valence-corrected chi connectivity index (χ2v) is 4.65. The SMILES string of the molecule is CCNS(=O)(=O)c1ccc([O-])c([N+](=O)[O-])c1.[Na+]. The molecule has 1 aromatic rings. The normalized spacial score (nSPS) is 10.6. The fourth-order valence-electron chi connectivity index (χ4n) is 1.08. The van der Waals surface area contributed by atoms with Crippen LogP contribution >= 0.6 is 0 Å². The number of nitro groups is 1. The van der Waals surface area contributed by atoms with Crippen LogP contribution in [0.25, 0.3) is 0 Å². The van der Waals surface area contributed by atoms with Gasteiger partial charge in [0.2, 0.25) is 10.0 Å². The Morgan fingerprint density at radius 3 is 2.47 bits per heavy atom.